The molecule has 1 aromatic carbocycles. The van der Waals surface area contributed by atoms with Crippen LogP contribution in [0.1, 0.15) is 44.2 Å². The molecule has 0 aliphatic heterocycles. The summed E-state index contributed by atoms with van der Waals surface area (Å²) in [7, 11) is 0. The Kier molecular flexibility index (Phi) is 3.84. The zero-order valence-corrected chi connectivity index (χ0v) is 17.4. The van der Waals surface area contributed by atoms with E-state index in [0.717, 1.165) is 35.8 Å². The lowest BCUT2D eigenvalue weighted by Crippen LogP contribution is -2.58. The number of halogens is 1. The van der Waals surface area contributed by atoms with Crippen molar-refractivity contribution < 1.29 is 4.79 Å². The molecule has 2 atom stereocenters. The molecule has 2 aromatic rings. The fourth-order valence-corrected chi connectivity index (χ4v) is 8.25. The first-order valence-corrected chi connectivity index (χ1v) is 11.1. The van der Waals surface area contributed by atoms with Crippen LogP contribution in [-0.2, 0) is 4.79 Å². The van der Waals surface area contributed by atoms with Gasteiger partial charge in [-0.1, -0.05) is 34.1 Å². The fraction of sp³-hybridized carbons (Fsp3) is 0.524. The van der Waals surface area contributed by atoms with Crippen molar-refractivity contribution in [2.45, 2.75) is 49.8 Å². The van der Waals surface area contributed by atoms with Crippen LogP contribution in [0.3, 0.4) is 0 Å². The van der Waals surface area contributed by atoms with Crippen LogP contribution in [0.15, 0.2) is 35.7 Å². The van der Waals surface area contributed by atoms with Crippen molar-refractivity contribution >= 4 is 44.0 Å². The fourth-order valence-electron chi connectivity index (χ4n) is 5.97. The van der Waals surface area contributed by atoms with Gasteiger partial charge in [-0.15, -0.1) is 11.3 Å². The lowest BCUT2D eigenvalue weighted by Gasteiger charge is -2.59. The average molecular weight is 431 g/mol. The molecule has 136 valence electrons. The Hall–Kier alpha value is -1.20. The molecule has 26 heavy (non-hydrogen) atoms. The number of hydrogen-bond donors (Lipinski definition) is 0. The Morgan fingerprint density at radius 3 is 2.46 bits per heavy atom. The first-order valence-electron chi connectivity index (χ1n) is 9.47. The van der Waals surface area contributed by atoms with Crippen molar-refractivity contribution in [1.82, 2.24) is 4.98 Å². The van der Waals surface area contributed by atoms with Gasteiger partial charge >= 0.3 is 0 Å². The highest BCUT2D eigenvalue weighted by Gasteiger charge is 2.60. The maximum Gasteiger partial charge on any atom is 0.239 e. The summed E-state index contributed by atoms with van der Waals surface area (Å²) in [5.74, 6) is 1.64. The minimum atomic E-state index is -0.233. The van der Waals surface area contributed by atoms with Gasteiger partial charge in [-0.2, -0.15) is 0 Å². The van der Waals surface area contributed by atoms with Gasteiger partial charge in [0, 0.05) is 9.70 Å². The van der Waals surface area contributed by atoms with Crippen LogP contribution >= 0.6 is 27.3 Å². The van der Waals surface area contributed by atoms with Crippen LogP contribution in [0.25, 0.3) is 0 Å². The first kappa shape index (κ1) is 16.9. The SMILES string of the molecule is Cc1csc(N(C(=O)C23CC4CC(CC(Br)(C4)C2)C3)c2ccccc2)n1. The number of amides is 1. The number of aromatic nitrogens is 1. The van der Waals surface area contributed by atoms with Gasteiger partial charge in [0.05, 0.1) is 16.8 Å². The summed E-state index contributed by atoms with van der Waals surface area (Å²) in [5.41, 5.74) is 1.68. The van der Waals surface area contributed by atoms with Crippen LogP contribution in [0.4, 0.5) is 10.8 Å². The number of thiazole rings is 1. The Bertz CT molecular complexity index is 835. The highest BCUT2D eigenvalue weighted by molar-refractivity contribution is 9.10. The molecule has 4 aliphatic carbocycles. The first-order chi connectivity index (χ1) is 12.5. The smallest absolute Gasteiger partial charge is 0.239 e. The van der Waals surface area contributed by atoms with E-state index in [9.17, 15) is 4.79 Å². The number of benzene rings is 1. The summed E-state index contributed by atoms with van der Waals surface area (Å²) in [6, 6.07) is 10.1. The maximum absolute atomic E-state index is 14.0. The van der Waals surface area contributed by atoms with Crippen molar-refractivity contribution in [3.8, 4) is 0 Å². The predicted octanol–water partition coefficient (Wildman–Crippen LogP) is 5.85. The largest absolute Gasteiger partial charge is 0.273 e. The lowest BCUT2D eigenvalue weighted by atomic mass is 9.49. The van der Waals surface area contributed by atoms with Crippen molar-refractivity contribution in [2.24, 2.45) is 17.3 Å². The van der Waals surface area contributed by atoms with Gasteiger partial charge in [-0.25, -0.2) is 4.98 Å². The molecule has 4 fully saturated rings. The van der Waals surface area contributed by atoms with E-state index >= 15 is 0 Å². The van der Waals surface area contributed by atoms with Gasteiger partial charge in [0.1, 0.15) is 0 Å². The molecule has 0 N–H and O–H groups in total. The second-order valence-electron chi connectivity index (χ2n) is 8.64. The molecule has 3 nitrogen and oxygen atoms in total. The van der Waals surface area contributed by atoms with Gasteiger partial charge in [-0.05, 0) is 69.4 Å². The molecule has 1 heterocycles. The molecule has 0 saturated heterocycles. The topological polar surface area (TPSA) is 33.2 Å². The Balaban J connectivity index is 1.58. The zero-order valence-electron chi connectivity index (χ0n) is 15.0. The molecule has 0 radical (unpaired) electrons. The summed E-state index contributed by atoms with van der Waals surface area (Å²) in [6.45, 7) is 1.99. The van der Waals surface area contributed by atoms with E-state index in [-0.39, 0.29) is 15.6 Å². The van der Waals surface area contributed by atoms with E-state index in [1.165, 1.54) is 19.3 Å². The third-order valence-corrected chi connectivity index (χ3v) is 8.33. The number of para-hydroxylation sites is 1. The van der Waals surface area contributed by atoms with Crippen LogP contribution in [0.5, 0.6) is 0 Å². The number of rotatable bonds is 3. The summed E-state index contributed by atoms with van der Waals surface area (Å²) >= 11 is 5.61. The number of aryl methyl sites for hydroxylation is 1. The summed E-state index contributed by atoms with van der Waals surface area (Å²) < 4.78 is 0.175. The van der Waals surface area contributed by atoms with Crippen LogP contribution in [0, 0.1) is 24.2 Å². The van der Waals surface area contributed by atoms with Crippen molar-refractivity contribution in [2.75, 3.05) is 4.90 Å². The normalized spacial score (nSPS) is 34.8. The minimum absolute atomic E-state index is 0.175. The molecule has 4 bridgehead atoms. The minimum Gasteiger partial charge on any atom is -0.273 e. The summed E-state index contributed by atoms with van der Waals surface area (Å²) in [5, 5.41) is 2.84. The quantitative estimate of drug-likeness (QED) is 0.571. The van der Waals surface area contributed by atoms with E-state index in [4.69, 9.17) is 0 Å². The summed E-state index contributed by atoms with van der Waals surface area (Å²) in [4.78, 5) is 20.6. The molecule has 6 rings (SSSR count). The third kappa shape index (κ3) is 2.66. The monoisotopic (exact) mass is 430 g/mol. The summed E-state index contributed by atoms with van der Waals surface area (Å²) in [6.07, 6.45) is 6.84. The number of anilines is 2. The van der Waals surface area contributed by atoms with Gasteiger partial charge in [0.15, 0.2) is 5.13 Å². The lowest BCUT2D eigenvalue weighted by molar-refractivity contribution is -0.140. The van der Waals surface area contributed by atoms with E-state index in [1.807, 2.05) is 47.5 Å². The highest BCUT2D eigenvalue weighted by atomic mass is 79.9. The van der Waals surface area contributed by atoms with Crippen LogP contribution < -0.4 is 4.90 Å². The molecule has 4 aliphatic rings. The molecule has 2 unspecified atom stereocenters. The Morgan fingerprint density at radius 1 is 1.19 bits per heavy atom. The van der Waals surface area contributed by atoms with Gasteiger partial charge < -0.3 is 0 Å². The molecule has 1 aromatic heterocycles. The van der Waals surface area contributed by atoms with Crippen molar-refractivity contribution in [3.63, 3.8) is 0 Å². The molecule has 4 saturated carbocycles. The highest BCUT2D eigenvalue weighted by Crippen LogP contribution is 2.65. The number of nitrogens with zero attached hydrogens (tertiary/aromatic N) is 2. The van der Waals surface area contributed by atoms with Gasteiger partial charge in [0.2, 0.25) is 5.91 Å². The van der Waals surface area contributed by atoms with E-state index in [1.54, 1.807) is 11.3 Å². The standard InChI is InChI=1S/C21H23BrN2OS/c1-14-12-26-19(23-14)24(17-5-3-2-4-6-17)18(25)20-8-15-7-16(9-20)11-21(22,10-15)13-20/h2-6,12,15-16H,7-11,13H2,1H3. The van der Waals surface area contributed by atoms with Crippen molar-refractivity contribution in [3.05, 3.63) is 41.4 Å². The van der Waals surface area contributed by atoms with Gasteiger partial charge in [0.25, 0.3) is 0 Å². The van der Waals surface area contributed by atoms with E-state index in [0.29, 0.717) is 11.8 Å². The molecule has 0 spiro atoms. The number of hydrogen-bond acceptors (Lipinski definition) is 3. The molecule has 1 amide bonds. The Labute approximate surface area is 166 Å². The van der Waals surface area contributed by atoms with E-state index < -0.39 is 0 Å². The Morgan fingerprint density at radius 2 is 1.88 bits per heavy atom. The zero-order chi connectivity index (χ0) is 17.9. The van der Waals surface area contributed by atoms with E-state index in [2.05, 4.69) is 20.9 Å². The molecule has 5 heteroatoms. The number of carbonyl (C=O) groups is 1. The third-order valence-electron chi connectivity index (χ3n) is 6.46. The maximum atomic E-state index is 14.0. The average Bonchev–Trinajstić information content (AvgIpc) is 3.00. The van der Waals surface area contributed by atoms with Crippen LogP contribution in [0.2, 0.25) is 0 Å². The second kappa shape index (κ2) is 5.90. The second-order valence-corrected chi connectivity index (χ2v) is 11.2. The predicted molar refractivity (Wildman–Crippen MR) is 109 cm³/mol. The molecular weight excluding hydrogens is 408 g/mol. The van der Waals surface area contributed by atoms with Crippen molar-refractivity contribution in [1.29, 1.82) is 0 Å². The number of carbonyl (C=O) groups excluding carboxylic acids is 1. The number of alkyl halides is 1. The molecular formula is C21H23BrN2OS. The van der Waals surface area contributed by atoms with Gasteiger partial charge in [-0.3, -0.25) is 9.69 Å². The van der Waals surface area contributed by atoms with Crippen LogP contribution in [-0.4, -0.2) is 15.2 Å².